The third kappa shape index (κ3) is 3.33. The van der Waals surface area contributed by atoms with Crippen LogP contribution >= 0.6 is 0 Å². The SMILES string of the molecule is CC(NCC1CCCCC1CO)c1cnn(C)c1. The Bertz CT molecular complexity index is 364. The van der Waals surface area contributed by atoms with Crippen LogP contribution < -0.4 is 5.32 Å². The molecule has 0 aromatic carbocycles. The number of aliphatic hydroxyl groups excluding tert-OH is 1. The van der Waals surface area contributed by atoms with Crippen molar-refractivity contribution in [2.45, 2.75) is 38.6 Å². The summed E-state index contributed by atoms with van der Waals surface area (Å²) in [5.74, 6) is 1.12. The average molecular weight is 251 g/mol. The van der Waals surface area contributed by atoms with Crippen LogP contribution in [0.15, 0.2) is 12.4 Å². The fourth-order valence-corrected chi connectivity index (χ4v) is 2.90. The van der Waals surface area contributed by atoms with Crippen molar-refractivity contribution in [2.24, 2.45) is 18.9 Å². The summed E-state index contributed by atoms with van der Waals surface area (Å²) in [6.45, 7) is 3.52. The third-order valence-corrected chi connectivity index (χ3v) is 4.21. The van der Waals surface area contributed by atoms with Crippen LogP contribution in [0.3, 0.4) is 0 Å². The van der Waals surface area contributed by atoms with Crippen LogP contribution in [0.5, 0.6) is 0 Å². The summed E-state index contributed by atoms with van der Waals surface area (Å²) in [6, 6.07) is 0.333. The van der Waals surface area contributed by atoms with Crippen molar-refractivity contribution in [3.63, 3.8) is 0 Å². The zero-order valence-electron chi connectivity index (χ0n) is 11.5. The molecule has 0 amide bonds. The van der Waals surface area contributed by atoms with Gasteiger partial charge in [-0.2, -0.15) is 5.10 Å². The maximum atomic E-state index is 9.41. The predicted octanol–water partition coefficient (Wildman–Crippen LogP) is 1.87. The molecule has 1 fully saturated rings. The minimum Gasteiger partial charge on any atom is -0.396 e. The zero-order valence-corrected chi connectivity index (χ0v) is 11.5. The lowest BCUT2D eigenvalue weighted by molar-refractivity contribution is 0.131. The normalized spacial score (nSPS) is 26.2. The van der Waals surface area contributed by atoms with Gasteiger partial charge in [0.25, 0.3) is 0 Å². The van der Waals surface area contributed by atoms with E-state index in [4.69, 9.17) is 0 Å². The highest BCUT2D eigenvalue weighted by molar-refractivity contribution is 5.08. The first kappa shape index (κ1) is 13.6. The molecular weight excluding hydrogens is 226 g/mol. The lowest BCUT2D eigenvalue weighted by Crippen LogP contribution is -2.33. The quantitative estimate of drug-likeness (QED) is 0.840. The molecule has 0 bridgehead atoms. The summed E-state index contributed by atoms with van der Waals surface area (Å²) >= 11 is 0. The maximum Gasteiger partial charge on any atom is 0.0537 e. The van der Waals surface area contributed by atoms with Crippen molar-refractivity contribution in [3.05, 3.63) is 18.0 Å². The molecule has 4 heteroatoms. The second kappa shape index (κ2) is 6.34. The summed E-state index contributed by atoms with van der Waals surface area (Å²) in [5.41, 5.74) is 1.23. The lowest BCUT2D eigenvalue weighted by Gasteiger charge is -2.31. The fraction of sp³-hybridized carbons (Fsp3) is 0.786. The molecular formula is C14H25N3O. The molecule has 1 heterocycles. The van der Waals surface area contributed by atoms with Gasteiger partial charge < -0.3 is 10.4 Å². The molecule has 4 nitrogen and oxygen atoms in total. The van der Waals surface area contributed by atoms with Gasteiger partial charge in [-0.25, -0.2) is 0 Å². The molecule has 1 aliphatic carbocycles. The van der Waals surface area contributed by atoms with E-state index in [2.05, 4.69) is 23.5 Å². The Morgan fingerprint density at radius 1 is 1.44 bits per heavy atom. The summed E-state index contributed by atoms with van der Waals surface area (Å²) in [5, 5.41) is 17.2. The zero-order chi connectivity index (χ0) is 13.0. The molecule has 0 aliphatic heterocycles. The Morgan fingerprint density at radius 2 is 2.17 bits per heavy atom. The van der Waals surface area contributed by atoms with E-state index in [0.29, 0.717) is 24.5 Å². The summed E-state index contributed by atoms with van der Waals surface area (Å²) in [4.78, 5) is 0. The van der Waals surface area contributed by atoms with E-state index < -0.39 is 0 Å². The van der Waals surface area contributed by atoms with Crippen LogP contribution in [0.1, 0.15) is 44.2 Å². The summed E-state index contributed by atoms with van der Waals surface area (Å²) < 4.78 is 1.84. The van der Waals surface area contributed by atoms with E-state index in [-0.39, 0.29) is 0 Å². The number of nitrogens with one attached hydrogen (secondary N) is 1. The predicted molar refractivity (Wildman–Crippen MR) is 72.2 cm³/mol. The molecule has 1 aromatic rings. The highest BCUT2D eigenvalue weighted by Crippen LogP contribution is 2.29. The van der Waals surface area contributed by atoms with Crippen LogP contribution in [0, 0.1) is 11.8 Å². The highest BCUT2D eigenvalue weighted by Gasteiger charge is 2.24. The first-order valence-corrected chi connectivity index (χ1v) is 7.03. The highest BCUT2D eigenvalue weighted by atomic mass is 16.3. The molecule has 3 atom stereocenters. The molecule has 1 saturated carbocycles. The van der Waals surface area contributed by atoms with E-state index in [1.54, 1.807) is 0 Å². The second-order valence-electron chi connectivity index (χ2n) is 5.56. The molecule has 2 N–H and O–H groups in total. The van der Waals surface area contributed by atoms with Crippen LogP contribution in [0.4, 0.5) is 0 Å². The Hall–Kier alpha value is -0.870. The van der Waals surface area contributed by atoms with Gasteiger partial charge in [0.2, 0.25) is 0 Å². The van der Waals surface area contributed by atoms with Crippen molar-refractivity contribution >= 4 is 0 Å². The molecule has 0 radical (unpaired) electrons. The van der Waals surface area contributed by atoms with Gasteiger partial charge in [0, 0.05) is 31.5 Å². The summed E-state index contributed by atoms with van der Waals surface area (Å²) in [7, 11) is 1.94. The lowest BCUT2D eigenvalue weighted by atomic mass is 9.79. The molecule has 18 heavy (non-hydrogen) atoms. The molecule has 2 rings (SSSR count). The van der Waals surface area contributed by atoms with Gasteiger partial charge in [-0.3, -0.25) is 4.68 Å². The van der Waals surface area contributed by atoms with Gasteiger partial charge >= 0.3 is 0 Å². The van der Waals surface area contributed by atoms with E-state index in [9.17, 15) is 5.11 Å². The van der Waals surface area contributed by atoms with Gasteiger partial charge in [-0.05, 0) is 38.1 Å². The van der Waals surface area contributed by atoms with Crippen LogP contribution in [-0.2, 0) is 7.05 Å². The fourth-order valence-electron chi connectivity index (χ4n) is 2.90. The molecule has 0 spiro atoms. The second-order valence-corrected chi connectivity index (χ2v) is 5.56. The maximum absolute atomic E-state index is 9.41. The number of hydrogen-bond acceptors (Lipinski definition) is 3. The number of hydrogen-bond donors (Lipinski definition) is 2. The molecule has 102 valence electrons. The van der Waals surface area contributed by atoms with Crippen molar-refractivity contribution in [1.82, 2.24) is 15.1 Å². The van der Waals surface area contributed by atoms with Gasteiger partial charge in [0.05, 0.1) is 6.20 Å². The minimum absolute atomic E-state index is 0.333. The van der Waals surface area contributed by atoms with Crippen molar-refractivity contribution in [2.75, 3.05) is 13.2 Å². The van der Waals surface area contributed by atoms with E-state index >= 15 is 0 Å². The topological polar surface area (TPSA) is 50.1 Å². The summed E-state index contributed by atoms with van der Waals surface area (Å²) in [6.07, 6.45) is 9.00. The van der Waals surface area contributed by atoms with Crippen molar-refractivity contribution < 1.29 is 5.11 Å². The average Bonchev–Trinajstić information content (AvgIpc) is 2.83. The van der Waals surface area contributed by atoms with Crippen molar-refractivity contribution in [3.8, 4) is 0 Å². The number of aliphatic hydroxyl groups is 1. The van der Waals surface area contributed by atoms with Crippen LogP contribution in [0.2, 0.25) is 0 Å². The smallest absolute Gasteiger partial charge is 0.0537 e. The number of rotatable bonds is 5. The van der Waals surface area contributed by atoms with E-state index in [0.717, 1.165) is 6.54 Å². The Labute approximate surface area is 109 Å². The number of aromatic nitrogens is 2. The van der Waals surface area contributed by atoms with Gasteiger partial charge in [0.15, 0.2) is 0 Å². The van der Waals surface area contributed by atoms with Crippen LogP contribution in [0.25, 0.3) is 0 Å². The Morgan fingerprint density at radius 3 is 2.78 bits per heavy atom. The van der Waals surface area contributed by atoms with E-state index in [1.165, 1.54) is 31.2 Å². The standard InChI is InChI=1S/C14H25N3O/c1-11(14-8-16-17(2)9-14)15-7-12-5-3-4-6-13(12)10-18/h8-9,11-13,15,18H,3-7,10H2,1-2H3. The monoisotopic (exact) mass is 251 g/mol. The first-order chi connectivity index (χ1) is 8.70. The molecule has 1 aliphatic rings. The van der Waals surface area contributed by atoms with Crippen LogP contribution in [-0.4, -0.2) is 28.0 Å². The molecule has 1 aromatic heterocycles. The number of aryl methyl sites for hydroxylation is 1. The largest absolute Gasteiger partial charge is 0.396 e. The Balaban J connectivity index is 1.83. The third-order valence-electron chi connectivity index (χ3n) is 4.21. The molecule has 0 saturated heterocycles. The minimum atomic E-state index is 0.333. The van der Waals surface area contributed by atoms with Gasteiger partial charge in [-0.1, -0.05) is 12.8 Å². The molecule has 3 unspecified atom stereocenters. The van der Waals surface area contributed by atoms with Crippen molar-refractivity contribution in [1.29, 1.82) is 0 Å². The van der Waals surface area contributed by atoms with E-state index in [1.807, 2.05) is 17.9 Å². The van der Waals surface area contributed by atoms with Gasteiger partial charge in [0.1, 0.15) is 0 Å². The number of nitrogens with zero attached hydrogens (tertiary/aromatic N) is 2. The first-order valence-electron chi connectivity index (χ1n) is 7.03. The van der Waals surface area contributed by atoms with Gasteiger partial charge in [-0.15, -0.1) is 0 Å². The Kier molecular flexibility index (Phi) is 4.78.